The second-order valence-corrected chi connectivity index (χ2v) is 4.05. The van der Waals surface area contributed by atoms with Crippen LogP contribution in [0.15, 0.2) is 12.4 Å². The van der Waals surface area contributed by atoms with Gasteiger partial charge in [0.15, 0.2) is 0 Å². The van der Waals surface area contributed by atoms with E-state index in [0.717, 1.165) is 13.0 Å². The summed E-state index contributed by atoms with van der Waals surface area (Å²) in [6.45, 7) is 5.57. The minimum absolute atomic E-state index is 0.640. The van der Waals surface area contributed by atoms with Gasteiger partial charge in [0.05, 0.1) is 0 Å². The molecule has 3 nitrogen and oxygen atoms in total. The zero-order valence-electron chi connectivity index (χ0n) is 10.2. The molecule has 1 aromatic heterocycles. The number of rotatable bonds is 7. The summed E-state index contributed by atoms with van der Waals surface area (Å²) >= 11 is 0. The van der Waals surface area contributed by atoms with E-state index in [1.54, 1.807) is 0 Å². The molecule has 1 atom stereocenters. The summed E-state index contributed by atoms with van der Waals surface area (Å²) in [5, 5.41) is 3.56. The Labute approximate surface area is 92.9 Å². The van der Waals surface area contributed by atoms with Crippen molar-refractivity contribution in [1.29, 1.82) is 0 Å². The van der Waals surface area contributed by atoms with E-state index < -0.39 is 0 Å². The number of aromatic nitrogens is 2. The molecule has 1 unspecified atom stereocenters. The third-order valence-electron chi connectivity index (χ3n) is 2.81. The van der Waals surface area contributed by atoms with E-state index in [2.05, 4.69) is 35.8 Å². The molecule has 1 N–H and O–H groups in total. The van der Waals surface area contributed by atoms with Gasteiger partial charge >= 0.3 is 0 Å². The average Bonchev–Trinajstić information content (AvgIpc) is 2.65. The quantitative estimate of drug-likeness (QED) is 0.745. The van der Waals surface area contributed by atoms with Gasteiger partial charge in [-0.2, -0.15) is 0 Å². The van der Waals surface area contributed by atoms with Crippen molar-refractivity contribution < 1.29 is 0 Å². The molecule has 86 valence electrons. The highest BCUT2D eigenvalue weighted by molar-refractivity contribution is 4.91. The smallest absolute Gasteiger partial charge is 0.108 e. The summed E-state index contributed by atoms with van der Waals surface area (Å²) in [5.41, 5.74) is 0. The second-order valence-electron chi connectivity index (χ2n) is 4.05. The summed E-state index contributed by atoms with van der Waals surface area (Å²) < 4.78 is 2.10. The van der Waals surface area contributed by atoms with Crippen LogP contribution in [0.5, 0.6) is 0 Å². The van der Waals surface area contributed by atoms with E-state index >= 15 is 0 Å². The molecule has 15 heavy (non-hydrogen) atoms. The fourth-order valence-electron chi connectivity index (χ4n) is 1.74. The lowest BCUT2D eigenvalue weighted by Gasteiger charge is -2.16. The molecule has 0 amide bonds. The summed E-state index contributed by atoms with van der Waals surface area (Å²) in [7, 11) is 2.06. The fraction of sp³-hybridized carbons (Fsp3) is 0.750. The van der Waals surface area contributed by atoms with E-state index in [0.29, 0.717) is 6.04 Å². The van der Waals surface area contributed by atoms with E-state index in [1.165, 1.54) is 25.1 Å². The molecule has 0 aliphatic heterocycles. The minimum atomic E-state index is 0.640. The van der Waals surface area contributed by atoms with Gasteiger partial charge in [-0.05, 0) is 25.8 Å². The average molecular weight is 209 g/mol. The van der Waals surface area contributed by atoms with Crippen LogP contribution in [0.4, 0.5) is 0 Å². The maximum atomic E-state index is 4.34. The Balaban J connectivity index is 2.31. The van der Waals surface area contributed by atoms with Crippen LogP contribution in [0, 0.1) is 0 Å². The molecular formula is C12H23N3. The summed E-state index contributed by atoms with van der Waals surface area (Å²) in [6, 6.07) is 0.640. The molecule has 0 fully saturated rings. The van der Waals surface area contributed by atoms with Crippen LogP contribution >= 0.6 is 0 Å². The number of hydrogen-bond donors (Lipinski definition) is 1. The van der Waals surface area contributed by atoms with Crippen molar-refractivity contribution in [1.82, 2.24) is 14.9 Å². The van der Waals surface area contributed by atoms with E-state index in [9.17, 15) is 0 Å². The van der Waals surface area contributed by atoms with Crippen LogP contribution in [0.3, 0.4) is 0 Å². The zero-order chi connectivity index (χ0) is 11.1. The Morgan fingerprint density at radius 1 is 1.47 bits per heavy atom. The Hall–Kier alpha value is -0.830. The highest BCUT2D eigenvalue weighted by Gasteiger charge is 2.06. The van der Waals surface area contributed by atoms with Crippen molar-refractivity contribution in [2.45, 2.75) is 45.6 Å². The maximum absolute atomic E-state index is 4.34. The molecule has 1 aromatic rings. The lowest BCUT2D eigenvalue weighted by Crippen LogP contribution is -2.29. The van der Waals surface area contributed by atoms with Crippen molar-refractivity contribution in [3.05, 3.63) is 18.2 Å². The monoisotopic (exact) mass is 209 g/mol. The molecule has 0 aromatic carbocycles. The topological polar surface area (TPSA) is 29.9 Å². The molecule has 1 rings (SSSR count). The lowest BCUT2D eigenvalue weighted by molar-refractivity contribution is 0.462. The largest absolute Gasteiger partial charge is 0.338 e. The summed E-state index contributed by atoms with van der Waals surface area (Å²) in [5.74, 6) is 1.19. The molecule has 0 radical (unpaired) electrons. The van der Waals surface area contributed by atoms with Gasteiger partial charge < -0.3 is 9.88 Å². The predicted octanol–water partition coefficient (Wildman–Crippen LogP) is 2.13. The Bertz CT molecular complexity index is 268. The molecular weight excluding hydrogens is 186 g/mol. The predicted molar refractivity (Wildman–Crippen MR) is 63.9 cm³/mol. The molecule has 0 bridgehead atoms. The number of aryl methyl sites for hydroxylation is 2. The number of nitrogens with zero attached hydrogens (tertiary/aromatic N) is 2. The van der Waals surface area contributed by atoms with Crippen molar-refractivity contribution in [3.63, 3.8) is 0 Å². The van der Waals surface area contributed by atoms with Gasteiger partial charge in [-0.25, -0.2) is 4.98 Å². The maximum Gasteiger partial charge on any atom is 0.108 e. The van der Waals surface area contributed by atoms with E-state index in [4.69, 9.17) is 0 Å². The molecule has 0 saturated heterocycles. The van der Waals surface area contributed by atoms with Crippen LogP contribution in [0.1, 0.15) is 38.9 Å². The first kappa shape index (κ1) is 12.2. The Morgan fingerprint density at radius 2 is 2.27 bits per heavy atom. The van der Waals surface area contributed by atoms with Gasteiger partial charge in [0.1, 0.15) is 5.82 Å². The third-order valence-corrected chi connectivity index (χ3v) is 2.81. The highest BCUT2D eigenvalue weighted by Crippen LogP contribution is 2.05. The van der Waals surface area contributed by atoms with Gasteiger partial charge in [0.25, 0.3) is 0 Å². The number of imidazole rings is 1. The number of nitrogens with one attached hydrogen (secondary N) is 1. The van der Waals surface area contributed by atoms with Crippen molar-refractivity contribution in [3.8, 4) is 0 Å². The van der Waals surface area contributed by atoms with Gasteiger partial charge in [0, 0.05) is 31.9 Å². The molecule has 1 heterocycles. The first-order valence-corrected chi connectivity index (χ1v) is 5.97. The van der Waals surface area contributed by atoms with Crippen molar-refractivity contribution in [2.24, 2.45) is 7.05 Å². The van der Waals surface area contributed by atoms with E-state index in [-0.39, 0.29) is 0 Å². The normalized spacial score (nSPS) is 13.0. The Morgan fingerprint density at radius 3 is 2.80 bits per heavy atom. The zero-order valence-corrected chi connectivity index (χ0v) is 10.2. The van der Waals surface area contributed by atoms with Crippen LogP contribution < -0.4 is 5.32 Å². The van der Waals surface area contributed by atoms with Crippen LogP contribution in [0.2, 0.25) is 0 Å². The van der Waals surface area contributed by atoms with Gasteiger partial charge in [-0.15, -0.1) is 0 Å². The standard InChI is InChI=1S/C12H23N3/c1-4-8-13-11(5-2)6-7-12-14-9-10-15(12)3/h9-11,13H,4-8H2,1-3H3. The van der Waals surface area contributed by atoms with Crippen LogP contribution in [-0.4, -0.2) is 22.1 Å². The van der Waals surface area contributed by atoms with Crippen LogP contribution in [-0.2, 0) is 13.5 Å². The fourth-order valence-corrected chi connectivity index (χ4v) is 1.74. The summed E-state index contributed by atoms with van der Waals surface area (Å²) in [6.07, 6.45) is 8.54. The van der Waals surface area contributed by atoms with Gasteiger partial charge in [0.2, 0.25) is 0 Å². The highest BCUT2D eigenvalue weighted by atomic mass is 15.0. The van der Waals surface area contributed by atoms with Crippen molar-refractivity contribution >= 4 is 0 Å². The van der Waals surface area contributed by atoms with E-state index in [1.807, 2.05) is 12.4 Å². The van der Waals surface area contributed by atoms with Crippen molar-refractivity contribution in [2.75, 3.05) is 6.54 Å². The molecule has 0 aliphatic rings. The molecule has 3 heteroatoms. The van der Waals surface area contributed by atoms with Crippen LogP contribution in [0.25, 0.3) is 0 Å². The summed E-state index contributed by atoms with van der Waals surface area (Å²) in [4.78, 5) is 4.34. The first-order chi connectivity index (χ1) is 7.27. The molecule has 0 aliphatic carbocycles. The Kier molecular flexibility index (Phi) is 5.40. The van der Waals surface area contributed by atoms with Gasteiger partial charge in [-0.3, -0.25) is 0 Å². The SMILES string of the molecule is CCCNC(CC)CCc1nccn1C. The number of hydrogen-bond acceptors (Lipinski definition) is 2. The van der Waals surface area contributed by atoms with Gasteiger partial charge in [-0.1, -0.05) is 13.8 Å². The molecule has 0 spiro atoms. The minimum Gasteiger partial charge on any atom is -0.338 e. The second kappa shape index (κ2) is 6.62. The molecule has 0 saturated carbocycles. The lowest BCUT2D eigenvalue weighted by atomic mass is 10.1. The first-order valence-electron chi connectivity index (χ1n) is 5.97. The third kappa shape index (κ3) is 4.04.